The van der Waals surface area contributed by atoms with Crippen LogP contribution in [0.2, 0.25) is 5.02 Å². The molecule has 0 radical (unpaired) electrons. The molecule has 0 amide bonds. The normalized spacial score (nSPS) is 11.9. The van der Waals surface area contributed by atoms with Crippen molar-refractivity contribution in [3.63, 3.8) is 0 Å². The quantitative estimate of drug-likeness (QED) is 0.0830. The molecule has 0 fully saturated rings. The predicted octanol–water partition coefficient (Wildman–Crippen LogP) is 5.98. The van der Waals surface area contributed by atoms with Crippen LogP contribution in [0.25, 0.3) is 28.2 Å². The second-order valence-corrected chi connectivity index (χ2v) is 11.5. The summed E-state index contributed by atoms with van der Waals surface area (Å²) in [5.74, 6) is 0.739. The lowest BCUT2D eigenvalue weighted by atomic mass is 10.00. The molecule has 2 heterocycles. The molecule has 0 bridgehead atoms. The number of nitrogens with two attached hydrogens (primary N) is 1. The summed E-state index contributed by atoms with van der Waals surface area (Å²) in [7, 11) is 0. The molecular formula is C35H39ClF3N5O6. The third-order valence-electron chi connectivity index (χ3n) is 7.54. The molecule has 15 heteroatoms. The number of aryl methyl sites for hydroxylation is 1. The molecule has 2 aromatic heterocycles. The molecular weight excluding hydrogens is 679 g/mol. The number of imidazole rings is 1. The molecule has 11 nitrogen and oxygen atoms in total. The fourth-order valence-electron chi connectivity index (χ4n) is 5.02. The molecule has 268 valence electrons. The maximum Gasteiger partial charge on any atom is 0.416 e. The first-order valence-electron chi connectivity index (χ1n) is 16.1. The summed E-state index contributed by atoms with van der Waals surface area (Å²) in [4.78, 5) is 7.62. The van der Waals surface area contributed by atoms with Gasteiger partial charge in [0.1, 0.15) is 18.1 Å². The zero-order valence-electron chi connectivity index (χ0n) is 27.3. The maximum absolute atomic E-state index is 13.3. The molecule has 5 aromatic rings. The topological polar surface area (TPSA) is 139 Å². The van der Waals surface area contributed by atoms with E-state index in [1.54, 1.807) is 18.2 Å². The molecule has 0 saturated heterocycles. The average Bonchev–Trinajstić information content (AvgIpc) is 3.67. The van der Waals surface area contributed by atoms with Crippen molar-refractivity contribution in [1.29, 1.82) is 0 Å². The zero-order valence-corrected chi connectivity index (χ0v) is 28.0. The van der Waals surface area contributed by atoms with Gasteiger partial charge in [0.25, 0.3) is 0 Å². The van der Waals surface area contributed by atoms with Crippen LogP contribution in [0.15, 0.2) is 66.7 Å². The first kappa shape index (κ1) is 37.1. The number of alkyl halides is 3. The Labute approximate surface area is 292 Å². The Morgan fingerprint density at radius 3 is 2.02 bits per heavy atom. The standard InChI is InChI=1S/C35H39ClF3N5O6/c36-27-8-12-30-31(23-27)42-34(41-30)44-33(45)29(32(43-44)25-4-6-26(7-5-25)35(37,38)39)11-3-24-1-9-28(10-2-24)50-22-21-49-20-19-48-18-17-47-16-15-46-14-13-40/h1-2,4-10,12,23,45H,3,11,13-22,40H2,(H,41,42). The number of ether oxygens (including phenoxy) is 5. The van der Waals surface area contributed by atoms with Crippen molar-refractivity contribution < 1.29 is 42.0 Å². The van der Waals surface area contributed by atoms with Crippen LogP contribution < -0.4 is 10.5 Å². The number of halogens is 4. The van der Waals surface area contributed by atoms with Crippen LogP contribution in [0.5, 0.6) is 11.6 Å². The monoisotopic (exact) mass is 717 g/mol. The maximum atomic E-state index is 13.3. The summed E-state index contributed by atoms with van der Waals surface area (Å²) in [5.41, 5.74) is 8.01. The Balaban J connectivity index is 1.14. The third-order valence-corrected chi connectivity index (χ3v) is 7.77. The lowest BCUT2D eigenvalue weighted by Gasteiger charge is -2.09. The van der Waals surface area contributed by atoms with Crippen molar-refractivity contribution in [3.05, 3.63) is 88.4 Å². The Kier molecular flexibility index (Phi) is 13.5. The lowest BCUT2D eigenvalue weighted by Crippen LogP contribution is -2.15. The number of aromatic hydroxyl groups is 1. The van der Waals surface area contributed by atoms with Gasteiger partial charge < -0.3 is 39.5 Å². The number of nitrogens with zero attached hydrogens (tertiary/aromatic N) is 3. The summed E-state index contributed by atoms with van der Waals surface area (Å²) in [6, 6.07) is 17.3. The Hall–Kier alpha value is -4.18. The van der Waals surface area contributed by atoms with Gasteiger partial charge in [0.15, 0.2) is 0 Å². The first-order valence-corrected chi connectivity index (χ1v) is 16.5. The first-order chi connectivity index (χ1) is 24.2. The van der Waals surface area contributed by atoms with E-state index in [-0.39, 0.29) is 11.8 Å². The number of hydrogen-bond donors (Lipinski definition) is 3. The van der Waals surface area contributed by atoms with Crippen molar-refractivity contribution in [2.45, 2.75) is 19.0 Å². The minimum absolute atomic E-state index is 0.173. The number of H-pyrrole nitrogens is 1. The van der Waals surface area contributed by atoms with Crippen LogP contribution in [0, 0.1) is 0 Å². The van der Waals surface area contributed by atoms with Crippen molar-refractivity contribution >= 4 is 22.6 Å². The summed E-state index contributed by atoms with van der Waals surface area (Å²) in [5, 5.41) is 16.4. The molecule has 4 N–H and O–H groups in total. The van der Waals surface area contributed by atoms with E-state index >= 15 is 0 Å². The molecule has 0 aliphatic carbocycles. The molecule has 50 heavy (non-hydrogen) atoms. The van der Waals surface area contributed by atoms with Crippen molar-refractivity contribution in [2.75, 3.05) is 66.0 Å². The predicted molar refractivity (Wildman–Crippen MR) is 182 cm³/mol. The minimum atomic E-state index is -4.48. The Morgan fingerprint density at radius 1 is 0.780 bits per heavy atom. The van der Waals surface area contributed by atoms with E-state index in [0.29, 0.717) is 117 Å². The fraction of sp³-hybridized carbons (Fsp3) is 0.371. The average molecular weight is 718 g/mol. The summed E-state index contributed by atoms with van der Waals surface area (Å²) in [6.07, 6.45) is -3.62. The van der Waals surface area contributed by atoms with Gasteiger partial charge in [-0.3, -0.25) is 0 Å². The van der Waals surface area contributed by atoms with Crippen molar-refractivity contribution in [2.24, 2.45) is 5.73 Å². The largest absolute Gasteiger partial charge is 0.493 e. The van der Waals surface area contributed by atoms with Crippen LogP contribution >= 0.6 is 11.6 Å². The van der Waals surface area contributed by atoms with Crippen LogP contribution in [0.4, 0.5) is 13.2 Å². The van der Waals surface area contributed by atoms with Crippen LogP contribution in [0.1, 0.15) is 16.7 Å². The van der Waals surface area contributed by atoms with Gasteiger partial charge in [0.05, 0.1) is 69.5 Å². The number of aromatic amines is 1. The number of hydrogen-bond acceptors (Lipinski definition) is 9. The number of rotatable bonds is 20. The van der Waals surface area contributed by atoms with E-state index in [1.165, 1.54) is 16.8 Å². The fourth-order valence-corrected chi connectivity index (χ4v) is 5.19. The van der Waals surface area contributed by atoms with Gasteiger partial charge in [-0.25, -0.2) is 4.98 Å². The van der Waals surface area contributed by atoms with E-state index in [2.05, 4.69) is 15.1 Å². The highest BCUT2D eigenvalue weighted by Crippen LogP contribution is 2.35. The molecule has 0 spiro atoms. The number of fused-ring (bicyclic) bond motifs is 1. The second kappa shape index (κ2) is 18.2. The van der Waals surface area contributed by atoms with Gasteiger partial charge in [0, 0.05) is 22.7 Å². The zero-order chi connectivity index (χ0) is 35.3. The van der Waals surface area contributed by atoms with Crippen molar-refractivity contribution in [1.82, 2.24) is 19.7 Å². The molecule has 0 aliphatic heterocycles. The van der Waals surface area contributed by atoms with E-state index in [9.17, 15) is 18.3 Å². The Bertz CT molecular complexity index is 1780. The highest BCUT2D eigenvalue weighted by molar-refractivity contribution is 6.31. The van der Waals surface area contributed by atoms with Gasteiger partial charge in [-0.15, -0.1) is 0 Å². The van der Waals surface area contributed by atoms with Crippen molar-refractivity contribution in [3.8, 4) is 28.8 Å². The van der Waals surface area contributed by atoms with Gasteiger partial charge >= 0.3 is 6.18 Å². The van der Waals surface area contributed by atoms with Gasteiger partial charge in [-0.05, 0) is 60.9 Å². The van der Waals surface area contributed by atoms with E-state index in [1.807, 2.05) is 24.3 Å². The van der Waals surface area contributed by atoms with E-state index < -0.39 is 11.7 Å². The molecule has 3 aromatic carbocycles. The summed E-state index contributed by atoms with van der Waals surface area (Å²) in [6.45, 7) is 4.63. The molecule has 5 rings (SSSR count). The minimum Gasteiger partial charge on any atom is -0.493 e. The van der Waals surface area contributed by atoms with Gasteiger partial charge in [0.2, 0.25) is 11.8 Å². The number of aromatic nitrogens is 4. The molecule has 0 aliphatic rings. The van der Waals surface area contributed by atoms with Gasteiger partial charge in [-0.2, -0.15) is 23.0 Å². The number of nitrogens with one attached hydrogen (secondary N) is 1. The SMILES string of the molecule is NCCOCCOCCOCCOCCOc1ccc(CCc2c(-c3ccc(C(F)(F)F)cc3)nn(-c3nc4cc(Cl)ccc4[nH]3)c2O)cc1. The summed E-state index contributed by atoms with van der Waals surface area (Å²) >= 11 is 6.11. The Morgan fingerprint density at radius 2 is 1.40 bits per heavy atom. The highest BCUT2D eigenvalue weighted by atomic mass is 35.5. The van der Waals surface area contributed by atoms with E-state index in [4.69, 9.17) is 41.0 Å². The smallest absolute Gasteiger partial charge is 0.416 e. The third kappa shape index (κ3) is 10.4. The van der Waals surface area contributed by atoms with Crippen LogP contribution in [0.3, 0.4) is 0 Å². The molecule has 0 atom stereocenters. The van der Waals surface area contributed by atoms with E-state index in [0.717, 1.165) is 17.7 Å². The van der Waals surface area contributed by atoms with Crippen LogP contribution in [-0.4, -0.2) is 90.9 Å². The van der Waals surface area contributed by atoms with Crippen LogP contribution in [-0.2, 0) is 38.0 Å². The van der Waals surface area contributed by atoms with Gasteiger partial charge in [-0.1, -0.05) is 35.9 Å². The second-order valence-electron chi connectivity index (χ2n) is 11.1. The highest BCUT2D eigenvalue weighted by Gasteiger charge is 2.30. The number of benzene rings is 3. The molecule has 0 unspecified atom stereocenters. The lowest BCUT2D eigenvalue weighted by molar-refractivity contribution is -0.137. The molecule has 0 saturated carbocycles. The summed E-state index contributed by atoms with van der Waals surface area (Å²) < 4.78 is 68.4.